The van der Waals surface area contributed by atoms with Gasteiger partial charge in [-0.25, -0.2) is 0 Å². The van der Waals surface area contributed by atoms with Crippen LogP contribution in [0.3, 0.4) is 0 Å². The molecule has 5 heteroatoms. The summed E-state index contributed by atoms with van der Waals surface area (Å²) >= 11 is 0. The lowest BCUT2D eigenvalue weighted by Gasteiger charge is -2.24. The zero-order valence-corrected chi connectivity index (χ0v) is 11.9. The molecule has 1 saturated heterocycles. The molecule has 0 radical (unpaired) electrons. The molecule has 0 aromatic carbocycles. The predicted molar refractivity (Wildman–Crippen MR) is 74.4 cm³/mol. The SMILES string of the molecule is COc1nc(C)c2c(C3(C)CCCN3)cn(C)c2n1. The molecule has 0 spiro atoms. The van der Waals surface area contributed by atoms with Crippen molar-refractivity contribution in [2.24, 2.45) is 7.05 Å². The van der Waals surface area contributed by atoms with Gasteiger partial charge in [0, 0.05) is 29.7 Å². The molecule has 3 rings (SSSR count). The highest BCUT2D eigenvalue weighted by Crippen LogP contribution is 2.36. The van der Waals surface area contributed by atoms with Crippen molar-refractivity contribution in [2.45, 2.75) is 32.2 Å². The molecule has 102 valence electrons. The van der Waals surface area contributed by atoms with E-state index in [0.717, 1.165) is 29.7 Å². The third-order valence-electron chi connectivity index (χ3n) is 4.12. The van der Waals surface area contributed by atoms with Gasteiger partial charge in [0.2, 0.25) is 0 Å². The van der Waals surface area contributed by atoms with E-state index in [9.17, 15) is 0 Å². The fraction of sp³-hybridized carbons (Fsp3) is 0.571. The largest absolute Gasteiger partial charge is 0.467 e. The average Bonchev–Trinajstić information content (AvgIpc) is 2.96. The molecule has 1 atom stereocenters. The van der Waals surface area contributed by atoms with Gasteiger partial charge in [-0.05, 0) is 33.2 Å². The highest BCUT2D eigenvalue weighted by atomic mass is 16.5. The Morgan fingerprint density at radius 1 is 1.42 bits per heavy atom. The number of nitrogens with one attached hydrogen (secondary N) is 1. The van der Waals surface area contributed by atoms with E-state index in [2.05, 4.69) is 33.0 Å². The molecule has 1 aliphatic rings. The van der Waals surface area contributed by atoms with E-state index in [1.807, 2.05) is 14.0 Å². The van der Waals surface area contributed by atoms with Gasteiger partial charge in [0.25, 0.3) is 0 Å². The van der Waals surface area contributed by atoms with Crippen LogP contribution in [0.15, 0.2) is 6.20 Å². The summed E-state index contributed by atoms with van der Waals surface area (Å²) in [7, 11) is 3.63. The molecular formula is C14H20N4O. The highest BCUT2D eigenvalue weighted by Gasteiger charge is 2.33. The molecule has 0 aliphatic carbocycles. The minimum absolute atomic E-state index is 0.0300. The number of nitrogens with zero attached hydrogens (tertiary/aromatic N) is 3. The van der Waals surface area contributed by atoms with Gasteiger partial charge in [-0.15, -0.1) is 0 Å². The molecule has 3 heterocycles. The second kappa shape index (κ2) is 4.20. The topological polar surface area (TPSA) is 52.0 Å². The molecule has 5 nitrogen and oxygen atoms in total. The number of aromatic nitrogens is 3. The van der Waals surface area contributed by atoms with Gasteiger partial charge in [-0.2, -0.15) is 9.97 Å². The average molecular weight is 260 g/mol. The Labute approximate surface area is 113 Å². The first-order valence-electron chi connectivity index (χ1n) is 6.68. The normalized spacial score (nSPS) is 23.2. The predicted octanol–water partition coefficient (Wildman–Crippen LogP) is 1.88. The highest BCUT2D eigenvalue weighted by molar-refractivity contribution is 5.84. The molecule has 0 bridgehead atoms. The zero-order chi connectivity index (χ0) is 13.6. The molecule has 1 aliphatic heterocycles. The van der Waals surface area contributed by atoms with E-state index >= 15 is 0 Å². The monoisotopic (exact) mass is 260 g/mol. The van der Waals surface area contributed by atoms with Gasteiger partial charge in [-0.3, -0.25) is 0 Å². The van der Waals surface area contributed by atoms with Crippen molar-refractivity contribution >= 4 is 11.0 Å². The molecule has 0 amide bonds. The fourth-order valence-corrected chi connectivity index (χ4v) is 3.06. The molecule has 2 aromatic heterocycles. The first-order valence-corrected chi connectivity index (χ1v) is 6.68. The minimum atomic E-state index is 0.0300. The Kier molecular flexibility index (Phi) is 2.74. The Morgan fingerprint density at radius 3 is 2.84 bits per heavy atom. The molecule has 1 N–H and O–H groups in total. The van der Waals surface area contributed by atoms with Gasteiger partial charge < -0.3 is 14.6 Å². The number of hydrogen-bond donors (Lipinski definition) is 1. The van der Waals surface area contributed by atoms with Crippen molar-refractivity contribution in [3.05, 3.63) is 17.5 Å². The van der Waals surface area contributed by atoms with E-state index in [1.54, 1.807) is 7.11 Å². The van der Waals surface area contributed by atoms with E-state index in [0.29, 0.717) is 6.01 Å². The Morgan fingerprint density at radius 2 is 2.21 bits per heavy atom. The smallest absolute Gasteiger partial charge is 0.318 e. The minimum Gasteiger partial charge on any atom is -0.467 e. The summed E-state index contributed by atoms with van der Waals surface area (Å²) in [5.74, 6) is 0. The van der Waals surface area contributed by atoms with Gasteiger partial charge >= 0.3 is 6.01 Å². The van der Waals surface area contributed by atoms with Crippen molar-refractivity contribution < 1.29 is 4.74 Å². The maximum atomic E-state index is 5.17. The van der Waals surface area contributed by atoms with Crippen LogP contribution in [0.5, 0.6) is 6.01 Å². The van der Waals surface area contributed by atoms with Crippen LogP contribution >= 0.6 is 0 Å². The first kappa shape index (κ1) is 12.4. The van der Waals surface area contributed by atoms with Crippen LogP contribution in [-0.4, -0.2) is 28.2 Å². The van der Waals surface area contributed by atoms with Gasteiger partial charge in [-0.1, -0.05) is 0 Å². The molecule has 1 fully saturated rings. The summed E-state index contributed by atoms with van der Waals surface area (Å²) in [6.07, 6.45) is 4.53. The molecule has 0 saturated carbocycles. The summed E-state index contributed by atoms with van der Waals surface area (Å²) < 4.78 is 7.23. The maximum absolute atomic E-state index is 5.17. The van der Waals surface area contributed by atoms with Crippen molar-refractivity contribution in [3.63, 3.8) is 0 Å². The second-order valence-corrected chi connectivity index (χ2v) is 5.51. The Bertz CT molecular complexity index is 626. The number of aryl methyl sites for hydroxylation is 2. The molecule has 1 unspecified atom stereocenters. The zero-order valence-electron chi connectivity index (χ0n) is 11.9. The Hall–Kier alpha value is -1.62. The number of fused-ring (bicyclic) bond motifs is 1. The number of hydrogen-bond acceptors (Lipinski definition) is 4. The summed E-state index contributed by atoms with van der Waals surface area (Å²) in [6, 6.07) is 0.433. The Balaban J connectivity index is 2.27. The van der Waals surface area contributed by atoms with Crippen LogP contribution in [-0.2, 0) is 12.6 Å². The third kappa shape index (κ3) is 1.80. The summed E-state index contributed by atoms with van der Waals surface area (Å²) in [5, 5.41) is 4.76. The molecule has 19 heavy (non-hydrogen) atoms. The van der Waals surface area contributed by atoms with Gasteiger partial charge in [0.1, 0.15) is 5.65 Å². The number of methoxy groups -OCH3 is 1. The third-order valence-corrected chi connectivity index (χ3v) is 4.12. The van der Waals surface area contributed by atoms with E-state index in [-0.39, 0.29) is 5.54 Å². The quantitative estimate of drug-likeness (QED) is 0.896. The first-order chi connectivity index (χ1) is 9.05. The maximum Gasteiger partial charge on any atom is 0.318 e. The lowest BCUT2D eigenvalue weighted by atomic mass is 9.90. The van der Waals surface area contributed by atoms with Crippen molar-refractivity contribution in [1.82, 2.24) is 19.9 Å². The van der Waals surface area contributed by atoms with E-state index < -0.39 is 0 Å². The summed E-state index contributed by atoms with van der Waals surface area (Å²) in [6.45, 7) is 5.36. The second-order valence-electron chi connectivity index (χ2n) is 5.51. The van der Waals surface area contributed by atoms with Crippen LogP contribution in [0.1, 0.15) is 31.0 Å². The number of rotatable bonds is 2. The van der Waals surface area contributed by atoms with E-state index in [1.165, 1.54) is 12.0 Å². The van der Waals surface area contributed by atoms with Crippen LogP contribution in [0.25, 0.3) is 11.0 Å². The summed E-state index contributed by atoms with van der Waals surface area (Å²) in [5.41, 5.74) is 3.24. The summed E-state index contributed by atoms with van der Waals surface area (Å²) in [4.78, 5) is 8.90. The van der Waals surface area contributed by atoms with E-state index in [4.69, 9.17) is 4.74 Å². The molecular weight excluding hydrogens is 240 g/mol. The van der Waals surface area contributed by atoms with Crippen LogP contribution < -0.4 is 10.1 Å². The lowest BCUT2D eigenvalue weighted by molar-refractivity contribution is 0.380. The number of ether oxygens (including phenoxy) is 1. The van der Waals surface area contributed by atoms with Crippen LogP contribution in [0, 0.1) is 6.92 Å². The van der Waals surface area contributed by atoms with Crippen LogP contribution in [0.4, 0.5) is 0 Å². The van der Waals surface area contributed by atoms with Crippen molar-refractivity contribution in [3.8, 4) is 6.01 Å². The fourth-order valence-electron chi connectivity index (χ4n) is 3.06. The van der Waals surface area contributed by atoms with Gasteiger partial charge in [0.05, 0.1) is 12.8 Å². The van der Waals surface area contributed by atoms with Crippen LogP contribution in [0.2, 0.25) is 0 Å². The van der Waals surface area contributed by atoms with Crippen molar-refractivity contribution in [2.75, 3.05) is 13.7 Å². The lowest BCUT2D eigenvalue weighted by Crippen LogP contribution is -2.33. The standard InChI is InChI=1S/C14H20N4O/c1-9-11-10(14(2)6-5-7-15-14)8-18(3)12(11)17-13(16-9)19-4/h8,15H,5-7H2,1-4H3. The van der Waals surface area contributed by atoms with Gasteiger partial charge in [0.15, 0.2) is 0 Å². The van der Waals surface area contributed by atoms with Crippen molar-refractivity contribution in [1.29, 1.82) is 0 Å². The molecule has 2 aromatic rings.